The first-order valence-corrected chi connectivity index (χ1v) is 6.58. The summed E-state index contributed by atoms with van der Waals surface area (Å²) in [6.45, 7) is 6.88. The summed E-state index contributed by atoms with van der Waals surface area (Å²) in [5.41, 5.74) is 4.31. The molecule has 1 nitrogen and oxygen atoms in total. The van der Waals surface area contributed by atoms with Crippen molar-refractivity contribution < 1.29 is 17.6 Å². The second kappa shape index (κ2) is 5.72. The van der Waals surface area contributed by atoms with Gasteiger partial charge >= 0.3 is 6.18 Å². The van der Waals surface area contributed by atoms with Crippen LogP contribution in [0.5, 0.6) is 0 Å². The van der Waals surface area contributed by atoms with Gasteiger partial charge in [-0.3, -0.25) is 0 Å². The van der Waals surface area contributed by atoms with Crippen molar-refractivity contribution >= 4 is 0 Å². The van der Waals surface area contributed by atoms with E-state index in [1.807, 2.05) is 0 Å². The Morgan fingerprint density at radius 3 is 2.00 bits per heavy atom. The Hall–Kier alpha value is -1.10. The van der Waals surface area contributed by atoms with E-state index in [9.17, 15) is 17.6 Å². The minimum absolute atomic E-state index is 0.0898. The Morgan fingerprint density at radius 2 is 1.60 bits per heavy atom. The first kappa shape index (κ1) is 17.0. The zero-order valence-electron chi connectivity index (χ0n) is 12.2. The molecule has 0 heterocycles. The highest BCUT2D eigenvalue weighted by atomic mass is 19.4. The highest BCUT2D eigenvalue weighted by Crippen LogP contribution is 2.37. The molecule has 1 aromatic rings. The van der Waals surface area contributed by atoms with Crippen LogP contribution in [-0.4, -0.2) is 6.04 Å². The maximum absolute atomic E-state index is 14.1. The summed E-state index contributed by atoms with van der Waals surface area (Å²) in [4.78, 5) is 0. The molecule has 2 N–H and O–H groups in total. The van der Waals surface area contributed by atoms with Crippen molar-refractivity contribution in [3.05, 3.63) is 34.6 Å². The molecule has 0 amide bonds. The number of rotatable bonds is 3. The molecule has 5 heteroatoms. The first-order chi connectivity index (χ1) is 8.93. The van der Waals surface area contributed by atoms with Crippen molar-refractivity contribution in [3.63, 3.8) is 0 Å². The molecule has 0 radical (unpaired) electrons. The van der Waals surface area contributed by atoms with Crippen molar-refractivity contribution in [2.75, 3.05) is 0 Å². The van der Waals surface area contributed by atoms with E-state index in [-0.39, 0.29) is 11.6 Å². The molecule has 114 valence electrons. The molecule has 0 bridgehead atoms. The van der Waals surface area contributed by atoms with E-state index >= 15 is 0 Å². The van der Waals surface area contributed by atoms with Crippen LogP contribution in [0.3, 0.4) is 0 Å². The van der Waals surface area contributed by atoms with Gasteiger partial charge in [-0.25, -0.2) is 4.39 Å². The molecule has 0 aromatic heterocycles. The van der Waals surface area contributed by atoms with E-state index in [0.717, 1.165) is 6.07 Å². The van der Waals surface area contributed by atoms with Gasteiger partial charge in [0.15, 0.2) is 0 Å². The predicted molar refractivity (Wildman–Crippen MR) is 72.1 cm³/mol. The van der Waals surface area contributed by atoms with Crippen LogP contribution in [0.2, 0.25) is 0 Å². The van der Waals surface area contributed by atoms with Crippen molar-refractivity contribution in [2.24, 2.45) is 5.73 Å². The predicted octanol–water partition coefficient (Wildman–Crippen LogP) is 4.42. The van der Waals surface area contributed by atoms with Gasteiger partial charge in [-0.15, -0.1) is 0 Å². The second-order valence-electron chi connectivity index (χ2n) is 6.27. The molecule has 1 atom stereocenters. The zero-order chi connectivity index (χ0) is 15.7. The van der Waals surface area contributed by atoms with E-state index in [4.69, 9.17) is 5.73 Å². The van der Waals surface area contributed by atoms with Crippen molar-refractivity contribution in [1.82, 2.24) is 0 Å². The van der Waals surface area contributed by atoms with Gasteiger partial charge in [-0.05, 0) is 42.4 Å². The summed E-state index contributed by atoms with van der Waals surface area (Å²) in [5, 5.41) is 0. The third-order valence-electron chi connectivity index (χ3n) is 3.13. The maximum Gasteiger partial charge on any atom is 0.419 e. The Kier molecular flexibility index (Phi) is 4.85. The van der Waals surface area contributed by atoms with Crippen molar-refractivity contribution in [1.29, 1.82) is 0 Å². The molecular weight excluding hydrogens is 270 g/mol. The number of nitrogens with two attached hydrogens (primary N) is 1. The van der Waals surface area contributed by atoms with Crippen molar-refractivity contribution in [3.8, 4) is 0 Å². The molecule has 0 fully saturated rings. The number of benzene rings is 1. The molecule has 0 aliphatic carbocycles. The summed E-state index contributed by atoms with van der Waals surface area (Å²) >= 11 is 0. The molecule has 0 saturated heterocycles. The zero-order valence-corrected chi connectivity index (χ0v) is 12.2. The summed E-state index contributed by atoms with van der Waals surface area (Å²) < 4.78 is 52.9. The largest absolute Gasteiger partial charge is 0.419 e. The summed E-state index contributed by atoms with van der Waals surface area (Å²) in [6.07, 6.45) is -3.72. The summed E-state index contributed by atoms with van der Waals surface area (Å²) in [5.74, 6) is -1.17. The summed E-state index contributed by atoms with van der Waals surface area (Å²) in [6, 6.07) is 2.31. The molecule has 20 heavy (non-hydrogen) atoms. The lowest BCUT2D eigenvalue weighted by Gasteiger charge is -2.23. The van der Waals surface area contributed by atoms with Crippen LogP contribution in [0.15, 0.2) is 12.1 Å². The topological polar surface area (TPSA) is 26.0 Å². The fourth-order valence-electron chi connectivity index (χ4n) is 1.97. The Balaban J connectivity index is 3.35. The molecular formula is C15H21F4N. The lowest BCUT2D eigenvalue weighted by atomic mass is 9.83. The Bertz CT molecular complexity index is 435. The van der Waals surface area contributed by atoms with Gasteiger partial charge in [-0.1, -0.05) is 26.8 Å². The van der Waals surface area contributed by atoms with Gasteiger partial charge in [0, 0.05) is 6.04 Å². The van der Waals surface area contributed by atoms with Gasteiger partial charge in [0.05, 0.1) is 5.56 Å². The van der Waals surface area contributed by atoms with Crippen LogP contribution in [0, 0.1) is 5.82 Å². The standard InChI is InChI=1S/C15H21F4N/c1-9(20)5-6-10-7-11(14(2,3)4)13(16)12(8-10)15(17,18)19/h7-9H,5-6,20H2,1-4H3/t9-/m1/s1. The minimum atomic E-state index is -4.69. The lowest BCUT2D eigenvalue weighted by Crippen LogP contribution is -2.20. The van der Waals surface area contributed by atoms with E-state index in [1.54, 1.807) is 27.7 Å². The number of halogens is 4. The highest BCUT2D eigenvalue weighted by Gasteiger charge is 2.37. The van der Waals surface area contributed by atoms with Crippen LogP contribution >= 0.6 is 0 Å². The average molecular weight is 291 g/mol. The molecule has 0 aliphatic rings. The van der Waals surface area contributed by atoms with E-state index in [2.05, 4.69) is 0 Å². The second-order valence-corrected chi connectivity index (χ2v) is 6.27. The fourth-order valence-corrected chi connectivity index (χ4v) is 1.97. The van der Waals surface area contributed by atoms with Gasteiger partial charge in [0.25, 0.3) is 0 Å². The first-order valence-electron chi connectivity index (χ1n) is 6.58. The van der Waals surface area contributed by atoms with Gasteiger partial charge in [0.1, 0.15) is 5.82 Å². The molecule has 0 spiro atoms. The van der Waals surface area contributed by atoms with Gasteiger partial charge in [0.2, 0.25) is 0 Å². The minimum Gasteiger partial charge on any atom is -0.328 e. The monoisotopic (exact) mass is 291 g/mol. The number of hydrogen-bond donors (Lipinski definition) is 1. The van der Waals surface area contributed by atoms with Crippen LogP contribution in [-0.2, 0) is 18.0 Å². The molecule has 0 saturated carbocycles. The average Bonchev–Trinajstić information content (AvgIpc) is 2.24. The third-order valence-corrected chi connectivity index (χ3v) is 3.13. The van der Waals surface area contributed by atoms with Crippen molar-refractivity contribution in [2.45, 2.75) is 58.2 Å². The molecule has 1 rings (SSSR count). The van der Waals surface area contributed by atoms with E-state index in [1.165, 1.54) is 6.07 Å². The number of hydrogen-bond acceptors (Lipinski definition) is 1. The quantitative estimate of drug-likeness (QED) is 0.820. The third kappa shape index (κ3) is 4.20. The fraction of sp³-hybridized carbons (Fsp3) is 0.600. The molecule has 0 unspecified atom stereocenters. The SMILES string of the molecule is C[C@@H](N)CCc1cc(C(C)(C)C)c(F)c(C(F)(F)F)c1. The van der Waals surface area contributed by atoms with Crippen LogP contribution in [0.1, 0.15) is 50.8 Å². The number of aryl methyl sites for hydroxylation is 1. The Morgan fingerprint density at radius 1 is 1.10 bits per heavy atom. The normalized spacial score (nSPS) is 14.4. The smallest absolute Gasteiger partial charge is 0.328 e. The summed E-state index contributed by atoms with van der Waals surface area (Å²) in [7, 11) is 0. The van der Waals surface area contributed by atoms with Crippen LogP contribution in [0.4, 0.5) is 17.6 Å². The van der Waals surface area contributed by atoms with E-state index < -0.39 is 23.0 Å². The van der Waals surface area contributed by atoms with E-state index in [0.29, 0.717) is 18.4 Å². The molecule has 1 aromatic carbocycles. The maximum atomic E-state index is 14.1. The van der Waals surface area contributed by atoms with Crippen LogP contribution < -0.4 is 5.73 Å². The number of alkyl halides is 3. The van der Waals surface area contributed by atoms with Gasteiger partial charge < -0.3 is 5.73 Å². The Labute approximate surface area is 117 Å². The lowest BCUT2D eigenvalue weighted by molar-refractivity contribution is -0.140. The highest BCUT2D eigenvalue weighted by molar-refractivity contribution is 5.37. The van der Waals surface area contributed by atoms with Gasteiger partial charge in [-0.2, -0.15) is 13.2 Å². The van der Waals surface area contributed by atoms with Crippen LogP contribution in [0.25, 0.3) is 0 Å². The molecule has 0 aliphatic heterocycles.